The Labute approximate surface area is 129 Å². The average molecular weight is 310 g/mol. The van der Waals surface area contributed by atoms with E-state index in [0.717, 1.165) is 31.2 Å². The molecule has 1 amide bonds. The van der Waals surface area contributed by atoms with Crippen molar-refractivity contribution in [3.8, 4) is 0 Å². The third-order valence-corrected chi connectivity index (χ3v) is 4.13. The van der Waals surface area contributed by atoms with Crippen LogP contribution in [0.4, 0.5) is 0 Å². The number of hydrogen-bond donors (Lipinski definition) is 1. The molecule has 1 aromatic rings. The van der Waals surface area contributed by atoms with Gasteiger partial charge in [0.2, 0.25) is 5.91 Å². The summed E-state index contributed by atoms with van der Waals surface area (Å²) in [5.41, 5.74) is 1.16. The van der Waals surface area contributed by atoms with E-state index in [1.54, 1.807) is 4.90 Å². The zero-order valence-corrected chi connectivity index (χ0v) is 12.7. The number of amides is 1. The van der Waals surface area contributed by atoms with Crippen LogP contribution in [0.2, 0.25) is 5.02 Å². The molecule has 114 valence electrons. The van der Waals surface area contributed by atoms with Crippen molar-refractivity contribution in [3.63, 3.8) is 0 Å². The molecule has 1 saturated heterocycles. The molecule has 1 unspecified atom stereocenters. The first-order valence-electron chi connectivity index (χ1n) is 7.32. The van der Waals surface area contributed by atoms with Crippen molar-refractivity contribution in [2.24, 2.45) is 0 Å². The molecule has 5 heteroatoms. The van der Waals surface area contributed by atoms with E-state index >= 15 is 0 Å². The quantitative estimate of drug-likeness (QED) is 0.878. The Bertz CT molecular complexity index is 501. The van der Waals surface area contributed by atoms with Crippen LogP contribution in [0.25, 0.3) is 0 Å². The van der Waals surface area contributed by atoms with Crippen molar-refractivity contribution < 1.29 is 14.7 Å². The summed E-state index contributed by atoms with van der Waals surface area (Å²) in [6.07, 6.45) is 3.84. The first-order chi connectivity index (χ1) is 10.1. The highest BCUT2D eigenvalue weighted by atomic mass is 35.5. The summed E-state index contributed by atoms with van der Waals surface area (Å²) in [6, 6.07) is 7.51. The molecule has 1 atom stereocenters. The summed E-state index contributed by atoms with van der Waals surface area (Å²) >= 11 is 5.83. The van der Waals surface area contributed by atoms with Crippen molar-refractivity contribution in [1.29, 1.82) is 0 Å². The number of likely N-dealkylation sites (tertiary alicyclic amines) is 1. The van der Waals surface area contributed by atoms with Gasteiger partial charge in [0, 0.05) is 24.0 Å². The summed E-state index contributed by atoms with van der Waals surface area (Å²) in [7, 11) is 0. The van der Waals surface area contributed by atoms with Gasteiger partial charge in [0.15, 0.2) is 0 Å². The number of rotatable bonds is 6. The molecule has 0 saturated carbocycles. The molecule has 4 nitrogen and oxygen atoms in total. The van der Waals surface area contributed by atoms with Gasteiger partial charge in [0.25, 0.3) is 0 Å². The van der Waals surface area contributed by atoms with E-state index in [4.69, 9.17) is 16.7 Å². The smallest absolute Gasteiger partial charge is 0.305 e. The van der Waals surface area contributed by atoms with E-state index in [-0.39, 0.29) is 18.4 Å². The number of aliphatic carboxylic acids is 1. The van der Waals surface area contributed by atoms with Crippen molar-refractivity contribution >= 4 is 23.5 Å². The zero-order chi connectivity index (χ0) is 15.2. The van der Waals surface area contributed by atoms with Gasteiger partial charge in [0.05, 0.1) is 6.42 Å². The number of carboxylic acid groups (broad SMARTS) is 1. The van der Waals surface area contributed by atoms with Crippen molar-refractivity contribution in [2.75, 3.05) is 6.54 Å². The molecule has 1 aromatic carbocycles. The Kier molecular flexibility index (Phi) is 5.62. The molecule has 0 spiro atoms. The van der Waals surface area contributed by atoms with Crippen LogP contribution in [0.15, 0.2) is 24.3 Å². The first kappa shape index (κ1) is 15.8. The van der Waals surface area contributed by atoms with Crippen LogP contribution in [0.1, 0.15) is 37.7 Å². The maximum atomic E-state index is 12.2. The number of halogens is 1. The maximum absolute atomic E-state index is 12.2. The van der Waals surface area contributed by atoms with Gasteiger partial charge in [-0.2, -0.15) is 0 Å². The topological polar surface area (TPSA) is 57.6 Å². The molecule has 2 rings (SSSR count). The molecular weight excluding hydrogens is 290 g/mol. The second-order valence-electron chi connectivity index (χ2n) is 5.46. The lowest BCUT2D eigenvalue weighted by atomic mass is 10.1. The minimum absolute atomic E-state index is 0.0585. The summed E-state index contributed by atoms with van der Waals surface area (Å²) in [5, 5.41) is 9.58. The van der Waals surface area contributed by atoms with Gasteiger partial charge in [-0.15, -0.1) is 0 Å². The first-order valence-corrected chi connectivity index (χ1v) is 7.70. The molecule has 0 aliphatic carbocycles. The Balaban J connectivity index is 1.78. The fourth-order valence-electron chi connectivity index (χ4n) is 2.82. The van der Waals surface area contributed by atoms with Gasteiger partial charge in [0.1, 0.15) is 0 Å². The van der Waals surface area contributed by atoms with Gasteiger partial charge in [-0.1, -0.05) is 23.7 Å². The van der Waals surface area contributed by atoms with Gasteiger partial charge in [-0.25, -0.2) is 0 Å². The van der Waals surface area contributed by atoms with Crippen LogP contribution in [0.5, 0.6) is 0 Å². The van der Waals surface area contributed by atoms with Gasteiger partial charge in [-0.05, 0) is 43.4 Å². The number of nitrogens with zero attached hydrogens (tertiary/aromatic N) is 1. The summed E-state index contributed by atoms with van der Waals surface area (Å²) in [4.78, 5) is 24.7. The summed E-state index contributed by atoms with van der Waals surface area (Å²) in [6.45, 7) is 0.692. The fraction of sp³-hybridized carbons (Fsp3) is 0.500. The third-order valence-electron chi connectivity index (χ3n) is 3.88. The number of aryl methyl sites for hydroxylation is 1. The minimum Gasteiger partial charge on any atom is -0.481 e. The molecule has 0 aromatic heterocycles. The monoisotopic (exact) mass is 309 g/mol. The van der Waals surface area contributed by atoms with E-state index in [1.165, 1.54) is 0 Å². The zero-order valence-electron chi connectivity index (χ0n) is 11.9. The Morgan fingerprint density at radius 3 is 2.67 bits per heavy atom. The molecule has 0 bridgehead atoms. The van der Waals surface area contributed by atoms with E-state index < -0.39 is 5.97 Å². The normalized spacial score (nSPS) is 18.0. The molecular formula is C16H20ClNO3. The lowest BCUT2D eigenvalue weighted by Gasteiger charge is -2.23. The summed E-state index contributed by atoms with van der Waals surface area (Å²) < 4.78 is 0. The largest absolute Gasteiger partial charge is 0.481 e. The number of benzene rings is 1. The van der Waals surface area contributed by atoms with Crippen LogP contribution in [-0.2, 0) is 16.0 Å². The summed E-state index contributed by atoms with van der Waals surface area (Å²) in [5.74, 6) is -0.756. The van der Waals surface area contributed by atoms with Crippen LogP contribution < -0.4 is 0 Å². The van der Waals surface area contributed by atoms with Crippen molar-refractivity contribution in [2.45, 2.75) is 44.6 Å². The van der Waals surface area contributed by atoms with Gasteiger partial charge >= 0.3 is 5.97 Å². The second-order valence-corrected chi connectivity index (χ2v) is 5.90. The molecule has 1 aliphatic rings. The lowest BCUT2D eigenvalue weighted by Crippen LogP contribution is -2.36. The molecule has 1 N–H and O–H groups in total. The van der Waals surface area contributed by atoms with E-state index in [0.29, 0.717) is 18.0 Å². The molecule has 0 radical (unpaired) electrons. The van der Waals surface area contributed by atoms with Crippen molar-refractivity contribution in [3.05, 3.63) is 34.9 Å². The predicted octanol–water partition coefficient (Wildman–Crippen LogP) is 3.13. The van der Waals surface area contributed by atoms with E-state index in [1.807, 2.05) is 24.3 Å². The van der Waals surface area contributed by atoms with Gasteiger partial charge in [-0.3, -0.25) is 9.59 Å². The highest BCUT2D eigenvalue weighted by molar-refractivity contribution is 6.30. The van der Waals surface area contributed by atoms with E-state index in [9.17, 15) is 9.59 Å². The third kappa shape index (κ3) is 4.74. The Hall–Kier alpha value is -1.55. The Morgan fingerprint density at radius 2 is 2.00 bits per heavy atom. The van der Waals surface area contributed by atoms with E-state index in [2.05, 4.69) is 0 Å². The van der Waals surface area contributed by atoms with Gasteiger partial charge < -0.3 is 10.0 Å². The highest BCUT2D eigenvalue weighted by Crippen LogP contribution is 2.21. The molecule has 21 heavy (non-hydrogen) atoms. The average Bonchev–Trinajstić information content (AvgIpc) is 2.88. The van der Waals surface area contributed by atoms with Crippen LogP contribution in [-0.4, -0.2) is 34.5 Å². The maximum Gasteiger partial charge on any atom is 0.305 e. The predicted molar refractivity (Wildman–Crippen MR) is 81.4 cm³/mol. The standard InChI is InChI=1S/C16H20ClNO3/c17-13-8-6-12(7-9-13)3-1-5-15(19)18-10-2-4-14(18)11-16(20)21/h6-9,14H,1-5,10-11H2,(H,20,21). The SMILES string of the molecule is O=C(O)CC1CCCN1C(=O)CCCc1ccc(Cl)cc1. The lowest BCUT2D eigenvalue weighted by molar-refractivity contribution is -0.139. The molecule has 1 heterocycles. The number of carbonyl (C=O) groups excluding carboxylic acids is 1. The number of carboxylic acids is 1. The van der Waals surface area contributed by atoms with Crippen LogP contribution >= 0.6 is 11.6 Å². The number of hydrogen-bond acceptors (Lipinski definition) is 2. The number of carbonyl (C=O) groups is 2. The minimum atomic E-state index is -0.833. The van der Waals surface area contributed by atoms with Crippen molar-refractivity contribution in [1.82, 2.24) is 4.90 Å². The second kappa shape index (κ2) is 7.46. The fourth-order valence-corrected chi connectivity index (χ4v) is 2.94. The molecule has 1 aliphatic heterocycles. The molecule has 1 fully saturated rings. The van der Waals surface area contributed by atoms with Crippen LogP contribution in [0, 0.1) is 0 Å². The Morgan fingerprint density at radius 1 is 1.29 bits per heavy atom. The van der Waals surface area contributed by atoms with Crippen LogP contribution in [0.3, 0.4) is 0 Å². The highest BCUT2D eigenvalue weighted by Gasteiger charge is 2.29.